The second-order valence-electron chi connectivity index (χ2n) is 4.76. The maximum Gasteiger partial charge on any atom is 0.150 e. The molecule has 0 bridgehead atoms. The summed E-state index contributed by atoms with van der Waals surface area (Å²) in [6.45, 7) is 3.82. The van der Waals surface area contributed by atoms with Crippen LogP contribution in [0.25, 0.3) is 0 Å². The van der Waals surface area contributed by atoms with Crippen LogP contribution in [0.2, 0.25) is 0 Å². The minimum Gasteiger partial charge on any atom is -0.493 e. The number of nitrogens with one attached hydrogen (secondary N) is 1. The number of benzene rings is 1. The van der Waals surface area contributed by atoms with Crippen LogP contribution in [0.1, 0.15) is 28.8 Å². The third-order valence-corrected chi connectivity index (χ3v) is 3.26. The molecule has 116 valence electrons. The maximum absolute atomic E-state index is 10.8. The molecule has 5 heteroatoms. The van der Waals surface area contributed by atoms with Crippen molar-refractivity contribution in [2.75, 3.05) is 26.8 Å². The highest BCUT2D eigenvalue weighted by molar-refractivity contribution is 5.78. The molecule has 1 aromatic rings. The molecule has 0 aromatic heterocycles. The van der Waals surface area contributed by atoms with Crippen molar-refractivity contribution >= 4 is 12.6 Å². The Balaban J connectivity index is 2.17. The molecule has 0 aliphatic rings. The van der Waals surface area contributed by atoms with E-state index in [2.05, 4.69) is 5.32 Å². The van der Waals surface area contributed by atoms with Crippen LogP contribution < -0.4 is 10.1 Å². The Morgan fingerprint density at radius 2 is 2.10 bits per heavy atom. The van der Waals surface area contributed by atoms with Gasteiger partial charge in [-0.3, -0.25) is 4.79 Å². The van der Waals surface area contributed by atoms with E-state index in [9.17, 15) is 9.59 Å². The van der Waals surface area contributed by atoms with E-state index in [0.717, 1.165) is 43.3 Å². The molecule has 0 saturated heterocycles. The van der Waals surface area contributed by atoms with E-state index in [0.29, 0.717) is 18.7 Å². The zero-order chi connectivity index (χ0) is 15.5. The van der Waals surface area contributed by atoms with Gasteiger partial charge in [0.1, 0.15) is 24.4 Å². The second-order valence-corrected chi connectivity index (χ2v) is 4.76. The van der Waals surface area contributed by atoms with Crippen molar-refractivity contribution in [3.63, 3.8) is 0 Å². The molecule has 0 fully saturated rings. The average molecular weight is 293 g/mol. The monoisotopic (exact) mass is 293 g/mol. The number of unbranched alkanes of at least 4 members (excludes halogenated alkanes) is 1. The summed E-state index contributed by atoms with van der Waals surface area (Å²) in [5, 5.41) is 3.16. The van der Waals surface area contributed by atoms with Crippen LogP contribution in [0.15, 0.2) is 18.2 Å². The molecule has 1 atom stereocenters. The molecule has 0 aliphatic carbocycles. The predicted molar refractivity (Wildman–Crippen MR) is 81.0 cm³/mol. The lowest BCUT2D eigenvalue weighted by Gasteiger charge is -2.11. The van der Waals surface area contributed by atoms with E-state index in [4.69, 9.17) is 9.47 Å². The molecular weight excluding hydrogens is 270 g/mol. The number of hydrogen-bond acceptors (Lipinski definition) is 5. The highest BCUT2D eigenvalue weighted by atomic mass is 16.5. The summed E-state index contributed by atoms with van der Waals surface area (Å²) in [5.74, 6) is 0.757. The van der Waals surface area contributed by atoms with Crippen LogP contribution in [0.4, 0.5) is 0 Å². The second kappa shape index (κ2) is 10.1. The SMILES string of the molecule is COC(C=O)CNCCCCOc1cccc(C=O)c1C. The topological polar surface area (TPSA) is 64.6 Å². The molecular formula is C16H23NO4. The van der Waals surface area contributed by atoms with Gasteiger partial charge in [-0.15, -0.1) is 0 Å². The van der Waals surface area contributed by atoms with Crippen molar-refractivity contribution in [2.45, 2.75) is 25.9 Å². The van der Waals surface area contributed by atoms with Crippen molar-refractivity contribution in [2.24, 2.45) is 0 Å². The van der Waals surface area contributed by atoms with Gasteiger partial charge in [-0.05, 0) is 32.4 Å². The van der Waals surface area contributed by atoms with Gasteiger partial charge in [-0.2, -0.15) is 0 Å². The van der Waals surface area contributed by atoms with Gasteiger partial charge >= 0.3 is 0 Å². The van der Waals surface area contributed by atoms with Gasteiger partial charge in [0.15, 0.2) is 0 Å². The summed E-state index contributed by atoms with van der Waals surface area (Å²) in [5.41, 5.74) is 1.54. The van der Waals surface area contributed by atoms with Gasteiger partial charge in [0.05, 0.1) is 6.61 Å². The Kier molecular flexibility index (Phi) is 8.31. The van der Waals surface area contributed by atoms with E-state index in [1.54, 1.807) is 6.07 Å². The van der Waals surface area contributed by atoms with E-state index >= 15 is 0 Å². The minimum atomic E-state index is -0.380. The van der Waals surface area contributed by atoms with Crippen molar-refractivity contribution in [3.05, 3.63) is 29.3 Å². The fraction of sp³-hybridized carbons (Fsp3) is 0.500. The Hall–Kier alpha value is -1.72. The van der Waals surface area contributed by atoms with Gasteiger partial charge in [-0.25, -0.2) is 0 Å². The summed E-state index contributed by atoms with van der Waals surface area (Å²) < 4.78 is 10.6. The largest absolute Gasteiger partial charge is 0.493 e. The third kappa shape index (κ3) is 6.06. The lowest BCUT2D eigenvalue weighted by molar-refractivity contribution is -0.116. The zero-order valence-corrected chi connectivity index (χ0v) is 12.6. The standard InChI is InChI=1S/C16H23NO4/c1-13-14(11-18)6-5-7-16(13)21-9-4-3-8-17-10-15(12-19)20-2/h5-7,11-12,15,17H,3-4,8-10H2,1-2H3. The van der Waals surface area contributed by atoms with Gasteiger partial charge in [0.25, 0.3) is 0 Å². The molecule has 0 saturated carbocycles. The van der Waals surface area contributed by atoms with Crippen LogP contribution in [0.5, 0.6) is 5.75 Å². The molecule has 0 aliphatic heterocycles. The summed E-state index contributed by atoms with van der Waals surface area (Å²) in [7, 11) is 1.52. The number of hydrogen-bond donors (Lipinski definition) is 1. The van der Waals surface area contributed by atoms with E-state index in [-0.39, 0.29) is 6.10 Å². The van der Waals surface area contributed by atoms with Crippen LogP contribution in [-0.2, 0) is 9.53 Å². The molecule has 1 unspecified atom stereocenters. The predicted octanol–water partition coefficient (Wildman–Crippen LogP) is 1.77. The summed E-state index contributed by atoms with van der Waals surface area (Å²) in [6, 6.07) is 5.46. The Morgan fingerprint density at radius 3 is 2.76 bits per heavy atom. The fourth-order valence-electron chi connectivity index (χ4n) is 1.88. The molecule has 5 nitrogen and oxygen atoms in total. The number of rotatable bonds is 11. The molecule has 21 heavy (non-hydrogen) atoms. The van der Waals surface area contributed by atoms with Crippen molar-refractivity contribution in [3.8, 4) is 5.75 Å². The first-order chi connectivity index (χ1) is 10.2. The number of carbonyl (C=O) groups excluding carboxylic acids is 2. The summed E-state index contributed by atoms with van der Waals surface area (Å²) >= 11 is 0. The summed E-state index contributed by atoms with van der Waals surface area (Å²) in [6.07, 6.45) is 3.10. The maximum atomic E-state index is 10.8. The Labute approximate surface area is 125 Å². The van der Waals surface area contributed by atoms with Gasteiger partial charge < -0.3 is 19.6 Å². The number of carbonyl (C=O) groups is 2. The number of methoxy groups -OCH3 is 1. The normalized spacial score (nSPS) is 11.9. The van der Waals surface area contributed by atoms with Crippen LogP contribution >= 0.6 is 0 Å². The number of aldehydes is 2. The highest BCUT2D eigenvalue weighted by Crippen LogP contribution is 2.20. The first-order valence-corrected chi connectivity index (χ1v) is 7.09. The van der Waals surface area contributed by atoms with Crippen LogP contribution in [-0.4, -0.2) is 45.5 Å². The van der Waals surface area contributed by atoms with Crippen LogP contribution in [0.3, 0.4) is 0 Å². The van der Waals surface area contributed by atoms with E-state index < -0.39 is 0 Å². The third-order valence-electron chi connectivity index (χ3n) is 3.26. The zero-order valence-electron chi connectivity index (χ0n) is 12.6. The van der Waals surface area contributed by atoms with Crippen molar-refractivity contribution in [1.82, 2.24) is 5.32 Å². The van der Waals surface area contributed by atoms with Gasteiger partial charge in [0, 0.05) is 24.8 Å². The van der Waals surface area contributed by atoms with Crippen molar-refractivity contribution < 1.29 is 19.1 Å². The van der Waals surface area contributed by atoms with E-state index in [1.807, 2.05) is 19.1 Å². The lowest BCUT2D eigenvalue weighted by atomic mass is 10.1. The Bertz CT molecular complexity index is 448. The summed E-state index contributed by atoms with van der Waals surface area (Å²) in [4.78, 5) is 21.4. The molecule has 0 amide bonds. The van der Waals surface area contributed by atoms with E-state index in [1.165, 1.54) is 7.11 Å². The highest BCUT2D eigenvalue weighted by Gasteiger charge is 2.05. The smallest absolute Gasteiger partial charge is 0.150 e. The number of ether oxygens (including phenoxy) is 2. The average Bonchev–Trinajstić information content (AvgIpc) is 2.51. The van der Waals surface area contributed by atoms with Crippen LogP contribution in [0, 0.1) is 6.92 Å². The molecule has 1 N–H and O–H groups in total. The molecule has 1 aromatic carbocycles. The first-order valence-electron chi connectivity index (χ1n) is 7.09. The first kappa shape index (κ1) is 17.3. The molecule has 0 spiro atoms. The fourth-order valence-corrected chi connectivity index (χ4v) is 1.88. The minimum absolute atomic E-state index is 0.380. The van der Waals surface area contributed by atoms with Gasteiger partial charge in [0.2, 0.25) is 0 Å². The van der Waals surface area contributed by atoms with Gasteiger partial charge in [-0.1, -0.05) is 12.1 Å². The van der Waals surface area contributed by atoms with Crippen molar-refractivity contribution in [1.29, 1.82) is 0 Å². The lowest BCUT2D eigenvalue weighted by Crippen LogP contribution is -2.30. The molecule has 0 radical (unpaired) electrons. The molecule has 1 rings (SSSR count). The quantitative estimate of drug-likeness (QED) is 0.497. The Morgan fingerprint density at radius 1 is 1.29 bits per heavy atom. The molecule has 0 heterocycles.